The van der Waals surface area contributed by atoms with Gasteiger partial charge in [-0.3, -0.25) is 9.69 Å². The number of ether oxygens (including phenoxy) is 1. The number of hydrogen-bond donors (Lipinski definition) is 2. The second kappa shape index (κ2) is 8.16. The van der Waals surface area contributed by atoms with E-state index < -0.39 is 6.10 Å². The number of H-pyrrole nitrogens is 1. The zero-order chi connectivity index (χ0) is 19.7. The van der Waals surface area contributed by atoms with Crippen LogP contribution in [0.3, 0.4) is 0 Å². The molecule has 8 heteroatoms. The van der Waals surface area contributed by atoms with Crippen LogP contribution in [0.1, 0.15) is 34.9 Å². The van der Waals surface area contributed by atoms with Gasteiger partial charge in [0.15, 0.2) is 0 Å². The molecule has 0 spiro atoms. The number of rotatable bonds is 9. The van der Waals surface area contributed by atoms with Gasteiger partial charge in [0, 0.05) is 17.5 Å². The quantitative estimate of drug-likeness (QED) is 0.571. The summed E-state index contributed by atoms with van der Waals surface area (Å²) in [5, 5.41) is 11.1. The molecule has 0 bridgehead atoms. The Labute approximate surface area is 167 Å². The minimum atomic E-state index is -0.614. The highest BCUT2D eigenvalue weighted by Crippen LogP contribution is 2.29. The first-order valence-electron chi connectivity index (χ1n) is 9.52. The van der Waals surface area contributed by atoms with Gasteiger partial charge >= 0.3 is 0 Å². The second-order valence-electron chi connectivity index (χ2n) is 7.38. The first-order chi connectivity index (χ1) is 13.5. The Balaban J connectivity index is 1.39. The van der Waals surface area contributed by atoms with Crippen molar-refractivity contribution in [3.05, 3.63) is 50.8 Å². The Bertz CT molecular complexity index is 991. The third kappa shape index (κ3) is 4.35. The molecule has 1 unspecified atom stereocenters. The van der Waals surface area contributed by atoms with E-state index >= 15 is 0 Å². The lowest BCUT2D eigenvalue weighted by molar-refractivity contribution is 0.00210. The number of aromatic nitrogens is 2. The van der Waals surface area contributed by atoms with Gasteiger partial charge in [-0.25, -0.2) is 4.98 Å². The van der Waals surface area contributed by atoms with E-state index in [1.54, 1.807) is 17.6 Å². The van der Waals surface area contributed by atoms with Crippen LogP contribution in [0.2, 0.25) is 0 Å². The van der Waals surface area contributed by atoms with Gasteiger partial charge in [0.25, 0.3) is 5.56 Å². The molecule has 28 heavy (non-hydrogen) atoms. The van der Waals surface area contributed by atoms with Crippen LogP contribution in [0.4, 0.5) is 0 Å². The normalized spacial score (nSPS) is 15.6. The summed E-state index contributed by atoms with van der Waals surface area (Å²) < 4.78 is 10.8. The smallest absolute Gasteiger partial charge is 0.259 e. The van der Waals surface area contributed by atoms with Gasteiger partial charge in [-0.05, 0) is 44.4 Å². The fourth-order valence-electron chi connectivity index (χ4n) is 3.36. The topological polar surface area (TPSA) is 91.6 Å². The highest BCUT2D eigenvalue weighted by molar-refractivity contribution is 7.18. The van der Waals surface area contributed by atoms with Gasteiger partial charge in [0.1, 0.15) is 23.0 Å². The molecule has 2 N–H and O–H groups in total. The number of nitrogens with zero attached hydrogens (tertiary/aromatic N) is 2. The van der Waals surface area contributed by atoms with Crippen molar-refractivity contribution in [1.29, 1.82) is 0 Å². The zero-order valence-electron chi connectivity index (χ0n) is 16.1. The number of hydrogen-bond acceptors (Lipinski definition) is 7. The molecule has 1 atom stereocenters. The minimum Gasteiger partial charge on any atom is -0.467 e. The molecule has 0 aliphatic heterocycles. The molecule has 0 amide bonds. The van der Waals surface area contributed by atoms with E-state index in [2.05, 4.69) is 14.9 Å². The Morgan fingerprint density at radius 3 is 3.00 bits per heavy atom. The maximum atomic E-state index is 12.5. The van der Waals surface area contributed by atoms with Gasteiger partial charge in [0.05, 0.1) is 30.9 Å². The second-order valence-corrected chi connectivity index (χ2v) is 8.59. The lowest BCUT2D eigenvalue weighted by Crippen LogP contribution is -2.37. The van der Waals surface area contributed by atoms with Crippen LogP contribution in [-0.2, 0) is 17.9 Å². The van der Waals surface area contributed by atoms with Crippen molar-refractivity contribution in [2.75, 3.05) is 13.2 Å². The fraction of sp³-hybridized carbons (Fsp3) is 0.500. The van der Waals surface area contributed by atoms with E-state index in [9.17, 15) is 9.90 Å². The SMILES string of the molecule is Cc1sc2nc(CN(CC(O)COCc3ccco3)C3CC3)[nH]c(=O)c2c1C. The highest BCUT2D eigenvalue weighted by Gasteiger charge is 2.31. The fourth-order valence-corrected chi connectivity index (χ4v) is 4.41. The van der Waals surface area contributed by atoms with Crippen molar-refractivity contribution in [3.63, 3.8) is 0 Å². The molecule has 0 aromatic carbocycles. The largest absolute Gasteiger partial charge is 0.467 e. The summed E-state index contributed by atoms with van der Waals surface area (Å²) in [7, 11) is 0. The molecule has 1 fully saturated rings. The number of fused-ring (bicyclic) bond motifs is 1. The molecule has 3 aromatic heterocycles. The van der Waals surface area contributed by atoms with E-state index in [-0.39, 0.29) is 12.2 Å². The average molecular weight is 404 g/mol. The number of nitrogens with one attached hydrogen (secondary N) is 1. The molecule has 1 saturated carbocycles. The van der Waals surface area contributed by atoms with Crippen LogP contribution < -0.4 is 5.56 Å². The zero-order valence-corrected chi connectivity index (χ0v) is 16.9. The van der Waals surface area contributed by atoms with Gasteiger partial charge in [0.2, 0.25) is 0 Å². The number of thiophene rings is 1. The number of aryl methyl sites for hydroxylation is 2. The first-order valence-corrected chi connectivity index (χ1v) is 10.3. The Morgan fingerprint density at radius 2 is 2.29 bits per heavy atom. The van der Waals surface area contributed by atoms with Crippen molar-refractivity contribution in [2.24, 2.45) is 0 Å². The van der Waals surface area contributed by atoms with Gasteiger partial charge in [-0.2, -0.15) is 0 Å². The highest BCUT2D eigenvalue weighted by atomic mass is 32.1. The summed E-state index contributed by atoms with van der Waals surface area (Å²) in [4.78, 5) is 24.2. The summed E-state index contributed by atoms with van der Waals surface area (Å²) in [6, 6.07) is 4.08. The van der Waals surface area contributed by atoms with Crippen molar-refractivity contribution in [2.45, 2.75) is 52.0 Å². The summed E-state index contributed by atoms with van der Waals surface area (Å²) in [6.45, 7) is 5.54. The Morgan fingerprint density at radius 1 is 1.46 bits per heavy atom. The summed E-state index contributed by atoms with van der Waals surface area (Å²) in [5.74, 6) is 1.39. The maximum absolute atomic E-state index is 12.5. The molecule has 0 saturated heterocycles. The van der Waals surface area contributed by atoms with Crippen molar-refractivity contribution in [3.8, 4) is 0 Å². The third-order valence-electron chi connectivity index (χ3n) is 5.08. The van der Waals surface area contributed by atoms with Crippen LogP contribution in [0.15, 0.2) is 27.6 Å². The van der Waals surface area contributed by atoms with Gasteiger partial charge < -0.3 is 19.2 Å². The molecule has 1 aliphatic carbocycles. The van der Waals surface area contributed by atoms with Crippen LogP contribution in [0.25, 0.3) is 10.2 Å². The number of aliphatic hydroxyl groups excluding tert-OH is 1. The van der Waals surface area contributed by atoms with Crippen LogP contribution in [-0.4, -0.2) is 45.3 Å². The standard InChI is InChI=1S/C20H25N3O4S/c1-12-13(2)28-20-18(12)19(25)21-17(22-20)9-23(14-5-6-14)8-15(24)10-26-11-16-4-3-7-27-16/h3-4,7,14-15,24H,5-6,8-11H2,1-2H3,(H,21,22,25). The van der Waals surface area contributed by atoms with Gasteiger partial charge in [-0.15, -0.1) is 11.3 Å². The first kappa shape index (κ1) is 19.3. The molecule has 3 heterocycles. The third-order valence-corrected chi connectivity index (χ3v) is 6.19. The molecule has 3 aromatic rings. The monoisotopic (exact) mass is 403 g/mol. The van der Waals surface area contributed by atoms with Crippen molar-refractivity contribution in [1.82, 2.24) is 14.9 Å². The molecule has 150 valence electrons. The molecule has 4 rings (SSSR count). The van der Waals surface area contributed by atoms with E-state index in [1.807, 2.05) is 26.0 Å². The Kier molecular flexibility index (Phi) is 5.63. The molecular weight excluding hydrogens is 378 g/mol. The lowest BCUT2D eigenvalue weighted by atomic mass is 10.2. The Hall–Kier alpha value is -2.00. The molecular formula is C20H25N3O4S. The van der Waals surface area contributed by atoms with E-state index in [4.69, 9.17) is 9.15 Å². The molecule has 0 radical (unpaired) electrons. The summed E-state index contributed by atoms with van der Waals surface area (Å²) in [6.07, 6.45) is 3.19. The molecule has 7 nitrogen and oxygen atoms in total. The summed E-state index contributed by atoms with van der Waals surface area (Å²) >= 11 is 1.55. The van der Waals surface area contributed by atoms with Crippen molar-refractivity contribution < 1.29 is 14.3 Å². The summed E-state index contributed by atoms with van der Waals surface area (Å²) in [5.41, 5.74) is 0.920. The lowest BCUT2D eigenvalue weighted by Gasteiger charge is -2.24. The number of furan rings is 1. The van der Waals surface area contributed by atoms with Crippen LogP contribution >= 0.6 is 11.3 Å². The predicted molar refractivity (Wildman–Crippen MR) is 108 cm³/mol. The van der Waals surface area contributed by atoms with Gasteiger partial charge in [-0.1, -0.05) is 0 Å². The van der Waals surface area contributed by atoms with E-state index in [0.29, 0.717) is 36.9 Å². The molecule has 1 aliphatic rings. The number of aliphatic hydroxyl groups is 1. The van der Waals surface area contributed by atoms with E-state index in [1.165, 1.54) is 0 Å². The van der Waals surface area contributed by atoms with E-state index in [0.717, 1.165) is 33.9 Å². The predicted octanol–water partition coefficient (Wildman–Crippen LogP) is 2.74. The van der Waals surface area contributed by atoms with Crippen molar-refractivity contribution >= 4 is 21.6 Å². The van der Waals surface area contributed by atoms with Crippen LogP contribution in [0, 0.1) is 13.8 Å². The minimum absolute atomic E-state index is 0.0834. The maximum Gasteiger partial charge on any atom is 0.259 e. The van der Waals surface area contributed by atoms with Crippen LogP contribution in [0.5, 0.6) is 0 Å². The average Bonchev–Trinajstić information content (AvgIpc) is 3.29. The number of aromatic amines is 1.